The molecule has 0 heterocycles. The number of nitrogens with zero attached hydrogens (tertiary/aromatic N) is 1. The van der Waals surface area contributed by atoms with Gasteiger partial charge in [0.1, 0.15) is 5.56 Å². The largest absolute Gasteiger partial charge is 0.477 e. The van der Waals surface area contributed by atoms with Crippen LogP contribution in [0.25, 0.3) is 0 Å². The van der Waals surface area contributed by atoms with E-state index in [1.165, 1.54) is 12.1 Å². The standard InChI is InChI=1S/C13H8BrClN2O4/c14-7-1-3-10(15)11(5-7)16-8-2-4-12(17(20)21)9(6-8)13(18)19/h1-6,16H,(H,18,19). The Bertz CT molecular complexity index is 736. The number of nitro benzene ring substituents is 1. The highest BCUT2D eigenvalue weighted by Gasteiger charge is 2.20. The minimum absolute atomic E-state index is 0.387. The number of rotatable bonds is 4. The Balaban J connectivity index is 2.41. The molecule has 0 spiro atoms. The molecule has 21 heavy (non-hydrogen) atoms. The van der Waals surface area contributed by atoms with Gasteiger partial charge >= 0.3 is 5.97 Å². The summed E-state index contributed by atoms with van der Waals surface area (Å²) < 4.78 is 0.787. The Morgan fingerprint density at radius 1 is 1.29 bits per heavy atom. The highest BCUT2D eigenvalue weighted by molar-refractivity contribution is 9.10. The van der Waals surface area contributed by atoms with Crippen molar-refractivity contribution in [1.82, 2.24) is 0 Å². The smallest absolute Gasteiger partial charge is 0.342 e. The van der Waals surface area contributed by atoms with Gasteiger partial charge in [0, 0.05) is 16.2 Å². The predicted octanol–water partition coefficient (Wildman–Crippen LogP) is 4.45. The topological polar surface area (TPSA) is 92.5 Å². The van der Waals surface area contributed by atoms with Crippen molar-refractivity contribution in [2.45, 2.75) is 0 Å². The molecule has 0 fully saturated rings. The van der Waals surface area contributed by atoms with Gasteiger partial charge < -0.3 is 10.4 Å². The number of benzene rings is 2. The van der Waals surface area contributed by atoms with Gasteiger partial charge in [-0.15, -0.1) is 0 Å². The van der Waals surface area contributed by atoms with Gasteiger partial charge in [-0.3, -0.25) is 10.1 Å². The maximum Gasteiger partial charge on any atom is 0.342 e. The van der Waals surface area contributed by atoms with E-state index in [0.717, 1.165) is 10.5 Å². The van der Waals surface area contributed by atoms with E-state index in [4.69, 9.17) is 16.7 Å². The molecule has 0 saturated carbocycles. The van der Waals surface area contributed by atoms with E-state index in [1.54, 1.807) is 18.2 Å². The molecule has 0 aliphatic rings. The van der Waals surface area contributed by atoms with Crippen LogP contribution in [0.15, 0.2) is 40.9 Å². The third kappa shape index (κ3) is 3.50. The first-order valence-electron chi connectivity index (χ1n) is 5.62. The summed E-state index contributed by atoms with van der Waals surface area (Å²) in [5.41, 5.74) is 0.0822. The summed E-state index contributed by atoms with van der Waals surface area (Å²) >= 11 is 9.32. The number of nitro groups is 1. The maximum atomic E-state index is 11.1. The normalized spacial score (nSPS) is 10.2. The molecule has 0 aromatic heterocycles. The van der Waals surface area contributed by atoms with E-state index in [9.17, 15) is 14.9 Å². The zero-order valence-electron chi connectivity index (χ0n) is 10.3. The van der Waals surface area contributed by atoms with Crippen LogP contribution in [0.4, 0.5) is 17.1 Å². The van der Waals surface area contributed by atoms with Gasteiger partial charge in [-0.2, -0.15) is 0 Å². The molecule has 0 atom stereocenters. The van der Waals surface area contributed by atoms with Crippen molar-refractivity contribution in [1.29, 1.82) is 0 Å². The number of nitrogens with one attached hydrogen (secondary N) is 1. The molecule has 108 valence electrons. The van der Waals surface area contributed by atoms with Gasteiger partial charge in [-0.1, -0.05) is 27.5 Å². The average molecular weight is 372 g/mol. The van der Waals surface area contributed by atoms with Gasteiger partial charge in [0.2, 0.25) is 0 Å². The molecule has 2 aromatic rings. The SMILES string of the molecule is O=C(O)c1cc(Nc2cc(Br)ccc2Cl)ccc1[N+](=O)[O-]. The Hall–Kier alpha value is -2.12. The molecular weight excluding hydrogens is 364 g/mol. The number of hydrogen-bond acceptors (Lipinski definition) is 4. The number of carbonyl (C=O) groups is 1. The van der Waals surface area contributed by atoms with Gasteiger partial charge in [-0.05, 0) is 30.3 Å². The highest BCUT2D eigenvalue weighted by Crippen LogP contribution is 2.30. The van der Waals surface area contributed by atoms with E-state index < -0.39 is 22.1 Å². The molecule has 2 rings (SSSR count). The Morgan fingerprint density at radius 3 is 2.62 bits per heavy atom. The van der Waals surface area contributed by atoms with Crippen LogP contribution in [0.1, 0.15) is 10.4 Å². The molecule has 0 radical (unpaired) electrons. The van der Waals surface area contributed by atoms with E-state index >= 15 is 0 Å². The van der Waals surface area contributed by atoms with E-state index in [-0.39, 0.29) is 0 Å². The summed E-state index contributed by atoms with van der Waals surface area (Å²) in [6, 6.07) is 8.88. The Kier molecular flexibility index (Phi) is 4.44. The maximum absolute atomic E-state index is 11.1. The van der Waals surface area contributed by atoms with Crippen LogP contribution < -0.4 is 5.32 Å². The fraction of sp³-hybridized carbons (Fsp3) is 0. The lowest BCUT2D eigenvalue weighted by Crippen LogP contribution is -2.03. The van der Waals surface area contributed by atoms with Gasteiger partial charge in [0.25, 0.3) is 5.69 Å². The quantitative estimate of drug-likeness (QED) is 0.612. The van der Waals surface area contributed by atoms with Gasteiger partial charge in [-0.25, -0.2) is 4.79 Å². The first kappa shape index (κ1) is 15.3. The van der Waals surface area contributed by atoms with Crippen LogP contribution in [-0.2, 0) is 0 Å². The molecule has 2 aromatic carbocycles. The third-order valence-electron chi connectivity index (χ3n) is 2.63. The molecule has 8 heteroatoms. The van der Waals surface area contributed by atoms with Crippen LogP contribution in [0, 0.1) is 10.1 Å². The molecule has 0 bridgehead atoms. The van der Waals surface area contributed by atoms with Gasteiger partial charge in [0.15, 0.2) is 0 Å². The van der Waals surface area contributed by atoms with E-state index in [1.807, 2.05) is 0 Å². The summed E-state index contributed by atoms with van der Waals surface area (Å²) in [5, 5.41) is 23.2. The lowest BCUT2D eigenvalue weighted by atomic mass is 10.1. The fourth-order valence-electron chi connectivity index (χ4n) is 1.69. The van der Waals surface area contributed by atoms with Crippen molar-refractivity contribution in [2.75, 3.05) is 5.32 Å². The zero-order valence-corrected chi connectivity index (χ0v) is 12.7. The van der Waals surface area contributed by atoms with Crippen molar-refractivity contribution in [2.24, 2.45) is 0 Å². The summed E-state index contributed by atoms with van der Waals surface area (Å²) in [6.07, 6.45) is 0. The lowest BCUT2D eigenvalue weighted by molar-refractivity contribution is -0.385. The third-order valence-corrected chi connectivity index (χ3v) is 3.45. The van der Waals surface area contributed by atoms with Crippen molar-refractivity contribution < 1.29 is 14.8 Å². The van der Waals surface area contributed by atoms with Crippen molar-refractivity contribution in [3.63, 3.8) is 0 Å². The fourth-order valence-corrected chi connectivity index (χ4v) is 2.22. The monoisotopic (exact) mass is 370 g/mol. The highest BCUT2D eigenvalue weighted by atomic mass is 79.9. The number of aromatic carboxylic acids is 1. The molecule has 0 amide bonds. The van der Waals surface area contributed by atoms with Gasteiger partial charge in [0.05, 0.1) is 15.6 Å². The van der Waals surface area contributed by atoms with Crippen molar-refractivity contribution >= 4 is 50.6 Å². The van der Waals surface area contributed by atoms with Crippen molar-refractivity contribution in [3.8, 4) is 0 Å². The number of hydrogen-bond donors (Lipinski definition) is 2. The number of halogens is 2. The van der Waals surface area contributed by atoms with Crippen LogP contribution in [-0.4, -0.2) is 16.0 Å². The molecule has 0 aliphatic heterocycles. The molecule has 0 aliphatic carbocycles. The first-order valence-corrected chi connectivity index (χ1v) is 6.79. The van der Waals surface area contributed by atoms with Crippen LogP contribution in [0.5, 0.6) is 0 Å². The summed E-state index contributed by atoms with van der Waals surface area (Å²) in [5.74, 6) is -1.37. The van der Waals surface area contributed by atoms with Crippen molar-refractivity contribution in [3.05, 3.63) is 61.6 Å². The Morgan fingerprint density at radius 2 is 2.00 bits per heavy atom. The zero-order chi connectivity index (χ0) is 15.6. The second-order valence-electron chi connectivity index (χ2n) is 4.04. The molecule has 0 saturated heterocycles. The second kappa shape index (κ2) is 6.11. The number of carboxylic acid groups (broad SMARTS) is 1. The molecule has 2 N–H and O–H groups in total. The van der Waals surface area contributed by atoms with Crippen LogP contribution >= 0.6 is 27.5 Å². The minimum Gasteiger partial charge on any atom is -0.477 e. The first-order chi connectivity index (χ1) is 9.88. The Labute approximate surface area is 132 Å². The molecule has 0 unspecified atom stereocenters. The molecule has 6 nitrogen and oxygen atoms in total. The number of carboxylic acids is 1. The molecular formula is C13H8BrClN2O4. The average Bonchev–Trinajstić information content (AvgIpc) is 2.42. The summed E-state index contributed by atoms with van der Waals surface area (Å²) in [7, 11) is 0. The van der Waals surface area contributed by atoms with E-state index in [0.29, 0.717) is 16.4 Å². The summed E-state index contributed by atoms with van der Waals surface area (Å²) in [4.78, 5) is 21.1. The predicted molar refractivity (Wildman–Crippen MR) is 82.5 cm³/mol. The van der Waals surface area contributed by atoms with Crippen LogP contribution in [0.3, 0.4) is 0 Å². The number of anilines is 2. The van der Waals surface area contributed by atoms with Crippen LogP contribution in [0.2, 0.25) is 5.02 Å². The summed E-state index contributed by atoms with van der Waals surface area (Å²) in [6.45, 7) is 0. The second-order valence-corrected chi connectivity index (χ2v) is 5.37. The minimum atomic E-state index is -1.37. The lowest BCUT2D eigenvalue weighted by Gasteiger charge is -2.09. The van der Waals surface area contributed by atoms with E-state index in [2.05, 4.69) is 21.2 Å².